The summed E-state index contributed by atoms with van der Waals surface area (Å²) in [4.78, 5) is 13.5. The van der Waals surface area contributed by atoms with Gasteiger partial charge in [-0.25, -0.2) is 8.42 Å². The van der Waals surface area contributed by atoms with Crippen LogP contribution in [0.25, 0.3) is 0 Å². The Bertz CT molecular complexity index is 380. The minimum absolute atomic E-state index is 0.0180. The predicted molar refractivity (Wildman–Crippen MR) is 60.6 cm³/mol. The van der Waals surface area contributed by atoms with E-state index in [1.165, 1.54) is 0 Å². The maximum atomic E-state index is 11.7. The van der Waals surface area contributed by atoms with Crippen molar-refractivity contribution in [1.82, 2.24) is 4.90 Å². The molecule has 0 aromatic carbocycles. The third-order valence-electron chi connectivity index (χ3n) is 3.38. The molecule has 16 heavy (non-hydrogen) atoms. The molecule has 2 fully saturated rings. The van der Waals surface area contributed by atoms with Gasteiger partial charge in [0.1, 0.15) is 0 Å². The highest BCUT2D eigenvalue weighted by Gasteiger charge is 2.32. The van der Waals surface area contributed by atoms with Crippen molar-refractivity contribution in [2.75, 3.05) is 24.6 Å². The molecule has 2 aliphatic rings. The molecular weight excluding hydrogens is 228 g/mol. The van der Waals surface area contributed by atoms with E-state index in [1.54, 1.807) is 4.90 Å². The molecule has 0 radical (unpaired) electrons. The molecule has 0 saturated carbocycles. The van der Waals surface area contributed by atoms with Crippen molar-refractivity contribution in [3.8, 4) is 0 Å². The lowest BCUT2D eigenvalue weighted by atomic mass is 10.0. The first-order chi connectivity index (χ1) is 7.48. The molecular formula is C10H18N2O3S. The van der Waals surface area contributed by atoms with Crippen LogP contribution in [-0.4, -0.2) is 49.9 Å². The van der Waals surface area contributed by atoms with Crippen molar-refractivity contribution in [1.29, 1.82) is 0 Å². The summed E-state index contributed by atoms with van der Waals surface area (Å²) in [7, 11) is -2.85. The van der Waals surface area contributed by atoms with E-state index in [9.17, 15) is 13.2 Å². The van der Waals surface area contributed by atoms with Crippen LogP contribution < -0.4 is 5.73 Å². The van der Waals surface area contributed by atoms with Crippen LogP contribution in [-0.2, 0) is 14.6 Å². The number of carbonyl (C=O) groups is 1. The summed E-state index contributed by atoms with van der Waals surface area (Å²) in [6, 6.07) is -0.383. The van der Waals surface area contributed by atoms with Crippen molar-refractivity contribution in [3.05, 3.63) is 0 Å². The largest absolute Gasteiger partial charge is 0.341 e. The van der Waals surface area contributed by atoms with Gasteiger partial charge >= 0.3 is 0 Å². The van der Waals surface area contributed by atoms with Gasteiger partial charge in [-0.2, -0.15) is 0 Å². The van der Waals surface area contributed by atoms with Gasteiger partial charge in [-0.05, 0) is 25.2 Å². The van der Waals surface area contributed by atoms with Crippen LogP contribution in [0.2, 0.25) is 0 Å². The summed E-state index contributed by atoms with van der Waals surface area (Å²) in [5.74, 6) is 0.590. The van der Waals surface area contributed by atoms with E-state index in [2.05, 4.69) is 0 Å². The minimum Gasteiger partial charge on any atom is -0.341 e. The molecule has 2 atom stereocenters. The number of hydrogen-bond donors (Lipinski definition) is 1. The summed E-state index contributed by atoms with van der Waals surface area (Å²) >= 11 is 0. The molecule has 2 unspecified atom stereocenters. The first-order valence-corrected chi connectivity index (χ1v) is 7.55. The minimum atomic E-state index is -2.85. The lowest BCUT2D eigenvalue weighted by molar-refractivity contribution is -0.135. The Morgan fingerprint density at radius 2 is 2.12 bits per heavy atom. The van der Waals surface area contributed by atoms with E-state index in [-0.39, 0.29) is 29.4 Å². The van der Waals surface area contributed by atoms with Crippen LogP contribution in [0.5, 0.6) is 0 Å². The molecule has 2 N–H and O–H groups in total. The van der Waals surface area contributed by atoms with Crippen molar-refractivity contribution in [2.45, 2.75) is 25.3 Å². The molecule has 92 valence electrons. The Kier molecular flexibility index (Phi) is 3.21. The van der Waals surface area contributed by atoms with Crippen LogP contribution in [0.15, 0.2) is 0 Å². The molecule has 2 rings (SSSR count). The fourth-order valence-corrected chi connectivity index (χ4v) is 4.33. The predicted octanol–water partition coefficient (Wildman–Crippen LogP) is -0.629. The lowest BCUT2D eigenvalue weighted by Gasteiger charge is -2.32. The van der Waals surface area contributed by atoms with Crippen LogP contribution in [0.1, 0.15) is 19.3 Å². The zero-order valence-corrected chi connectivity index (χ0v) is 10.1. The smallest absolute Gasteiger partial charge is 0.239 e. The molecule has 5 nitrogen and oxygen atoms in total. The quantitative estimate of drug-likeness (QED) is 0.703. The fourth-order valence-electron chi connectivity index (χ4n) is 2.48. The molecule has 0 bridgehead atoms. The van der Waals surface area contributed by atoms with E-state index >= 15 is 0 Å². The van der Waals surface area contributed by atoms with Gasteiger partial charge in [-0.3, -0.25) is 4.79 Å². The highest BCUT2D eigenvalue weighted by molar-refractivity contribution is 7.91. The van der Waals surface area contributed by atoms with Crippen molar-refractivity contribution >= 4 is 15.7 Å². The van der Waals surface area contributed by atoms with Crippen LogP contribution in [0.4, 0.5) is 0 Å². The maximum absolute atomic E-state index is 11.7. The van der Waals surface area contributed by atoms with E-state index in [0.717, 1.165) is 19.4 Å². The second-order valence-corrected chi connectivity index (χ2v) is 7.03. The number of rotatable bonds is 2. The number of piperidine rings is 1. The number of sulfone groups is 1. The third-order valence-corrected chi connectivity index (χ3v) is 5.21. The summed E-state index contributed by atoms with van der Waals surface area (Å²) in [6.07, 6.45) is 2.35. The van der Waals surface area contributed by atoms with Gasteiger partial charge in [0, 0.05) is 13.1 Å². The van der Waals surface area contributed by atoms with Gasteiger partial charge in [0.05, 0.1) is 17.5 Å². The molecule has 0 aliphatic carbocycles. The Morgan fingerprint density at radius 1 is 1.38 bits per heavy atom. The average Bonchev–Trinajstić information content (AvgIpc) is 2.53. The van der Waals surface area contributed by atoms with E-state index in [1.807, 2.05) is 0 Å². The Labute approximate surface area is 95.9 Å². The maximum Gasteiger partial charge on any atom is 0.239 e. The normalized spacial score (nSPS) is 34.3. The van der Waals surface area contributed by atoms with Gasteiger partial charge in [-0.15, -0.1) is 0 Å². The number of nitrogens with zero attached hydrogens (tertiary/aromatic N) is 1. The second kappa shape index (κ2) is 4.33. The first-order valence-electron chi connectivity index (χ1n) is 5.73. The van der Waals surface area contributed by atoms with E-state index < -0.39 is 9.84 Å². The summed E-state index contributed by atoms with van der Waals surface area (Å²) in [5, 5.41) is 0. The molecule has 0 aromatic heterocycles. The van der Waals surface area contributed by atoms with Crippen LogP contribution in [0, 0.1) is 5.92 Å². The van der Waals surface area contributed by atoms with Crippen LogP contribution in [0.3, 0.4) is 0 Å². The average molecular weight is 246 g/mol. The van der Waals surface area contributed by atoms with Gasteiger partial charge in [0.2, 0.25) is 5.91 Å². The zero-order valence-electron chi connectivity index (χ0n) is 9.26. The topological polar surface area (TPSA) is 80.5 Å². The SMILES string of the molecule is NC1CCCN(CC2CCS(=O)(=O)C2)C1=O. The molecule has 6 heteroatoms. The Morgan fingerprint density at radius 3 is 2.75 bits per heavy atom. The Balaban J connectivity index is 1.92. The van der Waals surface area contributed by atoms with Crippen molar-refractivity contribution < 1.29 is 13.2 Å². The lowest BCUT2D eigenvalue weighted by Crippen LogP contribution is -2.49. The number of likely N-dealkylation sites (tertiary alicyclic amines) is 1. The zero-order chi connectivity index (χ0) is 11.8. The summed E-state index contributed by atoms with van der Waals surface area (Å²) < 4.78 is 22.6. The molecule has 2 saturated heterocycles. The van der Waals surface area contributed by atoms with Gasteiger partial charge in [0.25, 0.3) is 0 Å². The second-order valence-electron chi connectivity index (χ2n) is 4.80. The number of nitrogens with two attached hydrogens (primary N) is 1. The third kappa shape index (κ3) is 2.55. The molecule has 0 aromatic rings. The van der Waals surface area contributed by atoms with Crippen LogP contribution >= 0.6 is 0 Å². The Hall–Kier alpha value is -0.620. The number of amides is 1. The highest BCUT2D eigenvalue weighted by atomic mass is 32.2. The van der Waals surface area contributed by atoms with Gasteiger partial charge in [0.15, 0.2) is 9.84 Å². The molecule has 2 aliphatic heterocycles. The number of hydrogen-bond acceptors (Lipinski definition) is 4. The summed E-state index contributed by atoms with van der Waals surface area (Å²) in [5.41, 5.74) is 5.69. The van der Waals surface area contributed by atoms with Crippen molar-refractivity contribution in [2.24, 2.45) is 11.7 Å². The van der Waals surface area contributed by atoms with Gasteiger partial charge < -0.3 is 10.6 Å². The highest BCUT2D eigenvalue weighted by Crippen LogP contribution is 2.21. The standard InChI is InChI=1S/C10H18N2O3S/c11-9-2-1-4-12(10(9)13)6-8-3-5-16(14,15)7-8/h8-9H,1-7,11H2. The fraction of sp³-hybridized carbons (Fsp3) is 0.900. The monoisotopic (exact) mass is 246 g/mol. The van der Waals surface area contributed by atoms with Gasteiger partial charge in [-0.1, -0.05) is 0 Å². The molecule has 1 amide bonds. The molecule has 0 spiro atoms. The van der Waals surface area contributed by atoms with E-state index in [4.69, 9.17) is 5.73 Å². The van der Waals surface area contributed by atoms with E-state index in [0.29, 0.717) is 13.0 Å². The number of carbonyl (C=O) groups excluding carboxylic acids is 1. The first kappa shape index (κ1) is 11.9. The molecule has 2 heterocycles. The van der Waals surface area contributed by atoms with Crippen molar-refractivity contribution in [3.63, 3.8) is 0 Å². The summed E-state index contributed by atoms with van der Waals surface area (Å²) in [6.45, 7) is 1.29.